The molecule has 0 saturated carbocycles. The Morgan fingerprint density at radius 3 is 1.65 bits per heavy atom. The molecule has 34 heavy (non-hydrogen) atoms. The second-order valence-corrected chi connectivity index (χ2v) is 9.53. The number of benzene rings is 4. The summed E-state index contributed by atoms with van der Waals surface area (Å²) in [4.78, 5) is 0. The predicted molar refractivity (Wildman–Crippen MR) is 127 cm³/mol. The van der Waals surface area contributed by atoms with Crippen molar-refractivity contribution in [1.29, 1.82) is 0 Å². The molecule has 0 fully saturated rings. The van der Waals surface area contributed by atoms with E-state index in [9.17, 15) is 5.11 Å². The molecule has 1 N–H and O–H groups in total. The van der Waals surface area contributed by atoms with Crippen molar-refractivity contribution in [2.24, 2.45) is 0 Å². The van der Waals surface area contributed by atoms with E-state index in [1.54, 1.807) is 14.2 Å². The predicted octanol–water partition coefficient (Wildman–Crippen LogP) is 5.32. The molecule has 5 aliphatic rings. The van der Waals surface area contributed by atoms with Crippen LogP contribution in [0.3, 0.4) is 0 Å². The lowest BCUT2D eigenvalue weighted by Crippen LogP contribution is -2.43. The number of hydrogen-bond acceptors (Lipinski definition) is 4. The van der Waals surface area contributed by atoms with Crippen LogP contribution in [0.25, 0.3) is 0 Å². The van der Waals surface area contributed by atoms with Gasteiger partial charge in [-0.05, 0) is 33.4 Å². The zero-order chi connectivity index (χ0) is 22.8. The number of aliphatic hydroxyl groups is 1. The number of ether oxygens (including phenoxy) is 3. The van der Waals surface area contributed by atoms with Crippen LogP contribution in [-0.4, -0.2) is 19.3 Å². The van der Waals surface area contributed by atoms with Crippen molar-refractivity contribution in [2.75, 3.05) is 14.2 Å². The first-order valence-electron chi connectivity index (χ1n) is 11.7. The summed E-state index contributed by atoms with van der Waals surface area (Å²) >= 11 is 0. The number of fused-ring (bicyclic) bond motifs is 8. The van der Waals surface area contributed by atoms with Crippen LogP contribution in [-0.2, 0) is 10.3 Å². The van der Waals surface area contributed by atoms with Gasteiger partial charge in [0.2, 0.25) is 0 Å². The third-order valence-electron chi connectivity index (χ3n) is 8.26. The minimum absolute atomic E-state index is 0.0556. The van der Waals surface area contributed by atoms with Gasteiger partial charge in [-0.2, -0.15) is 0 Å². The Bertz CT molecular complexity index is 1500. The molecule has 2 unspecified atom stereocenters. The summed E-state index contributed by atoms with van der Waals surface area (Å²) in [7, 11) is 3.42. The second-order valence-electron chi connectivity index (χ2n) is 9.53. The van der Waals surface area contributed by atoms with Crippen LogP contribution in [0, 0.1) is 0 Å². The van der Waals surface area contributed by atoms with Crippen LogP contribution in [0.2, 0.25) is 0 Å². The lowest BCUT2D eigenvalue weighted by atomic mass is 9.57. The van der Waals surface area contributed by atoms with Crippen LogP contribution in [0.15, 0.2) is 72.8 Å². The van der Waals surface area contributed by atoms with E-state index in [0.29, 0.717) is 5.75 Å². The molecule has 0 amide bonds. The van der Waals surface area contributed by atoms with Gasteiger partial charge in [0.1, 0.15) is 29.3 Å². The lowest BCUT2D eigenvalue weighted by molar-refractivity contribution is 0.0837. The third kappa shape index (κ3) is 1.85. The molecule has 2 atom stereocenters. The van der Waals surface area contributed by atoms with Gasteiger partial charge in [-0.1, -0.05) is 72.8 Å². The van der Waals surface area contributed by atoms with E-state index in [-0.39, 0.29) is 18.1 Å². The molecule has 4 aromatic rings. The molecule has 0 spiro atoms. The Hall–Kier alpha value is -3.60. The third-order valence-corrected chi connectivity index (χ3v) is 8.26. The summed E-state index contributed by atoms with van der Waals surface area (Å²) in [6.45, 7) is 0. The number of methoxy groups -OCH3 is 2. The van der Waals surface area contributed by atoms with Gasteiger partial charge in [0.15, 0.2) is 0 Å². The Morgan fingerprint density at radius 1 is 0.647 bits per heavy atom. The highest BCUT2D eigenvalue weighted by Crippen LogP contribution is 2.68. The van der Waals surface area contributed by atoms with Crippen LogP contribution in [0.4, 0.5) is 0 Å². The summed E-state index contributed by atoms with van der Waals surface area (Å²) in [5.41, 5.74) is 8.86. The van der Waals surface area contributed by atoms with Crippen molar-refractivity contribution in [1.82, 2.24) is 0 Å². The van der Waals surface area contributed by atoms with Crippen molar-refractivity contribution in [3.63, 3.8) is 0 Å². The van der Waals surface area contributed by atoms with E-state index in [1.807, 2.05) is 42.5 Å². The summed E-state index contributed by atoms with van der Waals surface area (Å²) in [5.74, 6) is 1.46. The molecule has 166 valence electrons. The summed E-state index contributed by atoms with van der Waals surface area (Å²) in [5, 5.41) is 12.7. The fraction of sp³-hybridized carbons (Fsp3) is 0.200. The fourth-order valence-electron chi connectivity index (χ4n) is 7.12. The maximum Gasteiger partial charge on any atom is 0.145 e. The van der Waals surface area contributed by atoms with Crippen molar-refractivity contribution in [3.8, 4) is 11.5 Å². The van der Waals surface area contributed by atoms with E-state index in [4.69, 9.17) is 14.2 Å². The molecule has 9 rings (SSSR count). The van der Waals surface area contributed by atoms with Gasteiger partial charge in [-0.15, -0.1) is 0 Å². The molecule has 2 heterocycles. The minimum atomic E-state index is -1.34. The SMILES string of the molecule is COc1c2c(c(OC)c3c1C1c4ccccc4C3(O)c3ccccc31)C1OC2c2ccccc21. The standard InChI is InChI=1S/C30H22O4/c1-32-28-22-21-17-11-5-7-13-19(17)30(31,20-14-8-6-12-18(20)21)25(22)29(33-2)24-23(28)26-15-9-3-4-10-16(15)27(24)34-26/h3-14,21,26-27,31H,1-2H3. The maximum absolute atomic E-state index is 12.7. The lowest BCUT2D eigenvalue weighted by Gasteiger charge is -2.49. The van der Waals surface area contributed by atoms with E-state index in [2.05, 4.69) is 30.3 Å². The van der Waals surface area contributed by atoms with Crippen molar-refractivity contribution in [3.05, 3.63) is 128 Å². The van der Waals surface area contributed by atoms with Crippen molar-refractivity contribution >= 4 is 0 Å². The van der Waals surface area contributed by atoms with Gasteiger partial charge in [-0.25, -0.2) is 0 Å². The summed E-state index contributed by atoms with van der Waals surface area (Å²) in [6, 6.07) is 24.8. The Labute approximate surface area is 197 Å². The van der Waals surface area contributed by atoms with Gasteiger partial charge in [0.05, 0.1) is 14.2 Å². The van der Waals surface area contributed by atoms with Gasteiger partial charge >= 0.3 is 0 Å². The highest BCUT2D eigenvalue weighted by atomic mass is 16.5. The topological polar surface area (TPSA) is 47.9 Å². The number of rotatable bonds is 2. The molecule has 3 aliphatic carbocycles. The van der Waals surface area contributed by atoms with E-state index in [1.165, 1.54) is 5.56 Å². The molecule has 4 aromatic carbocycles. The first-order valence-corrected chi connectivity index (χ1v) is 11.7. The summed E-state index contributed by atoms with van der Waals surface area (Å²) in [6.07, 6.45) is -0.439. The largest absolute Gasteiger partial charge is 0.496 e. The highest BCUT2D eigenvalue weighted by molar-refractivity contribution is 5.80. The molecule has 0 radical (unpaired) electrons. The van der Waals surface area contributed by atoms with E-state index < -0.39 is 5.60 Å². The van der Waals surface area contributed by atoms with Crippen LogP contribution in [0.1, 0.15) is 73.8 Å². The van der Waals surface area contributed by atoms with Gasteiger partial charge in [0, 0.05) is 28.2 Å². The molecular weight excluding hydrogens is 424 g/mol. The quantitative estimate of drug-likeness (QED) is 0.453. The van der Waals surface area contributed by atoms with Crippen molar-refractivity contribution in [2.45, 2.75) is 23.7 Å². The van der Waals surface area contributed by atoms with Gasteiger partial charge in [0.25, 0.3) is 0 Å². The first-order chi connectivity index (χ1) is 16.7. The molecule has 2 aliphatic heterocycles. The molecule has 0 aromatic heterocycles. The monoisotopic (exact) mass is 446 g/mol. The van der Waals surface area contributed by atoms with Crippen LogP contribution in [0.5, 0.6) is 11.5 Å². The van der Waals surface area contributed by atoms with E-state index >= 15 is 0 Å². The molecule has 4 heteroatoms. The summed E-state index contributed by atoms with van der Waals surface area (Å²) < 4.78 is 18.9. The average molecular weight is 447 g/mol. The fourth-order valence-corrected chi connectivity index (χ4v) is 7.12. The molecular formula is C30H22O4. The molecule has 4 bridgehead atoms. The molecule has 0 saturated heterocycles. The number of hydrogen-bond donors (Lipinski definition) is 1. The Morgan fingerprint density at radius 2 is 1.12 bits per heavy atom. The molecule has 4 nitrogen and oxygen atoms in total. The Balaban J connectivity index is 1.55. The second kappa shape index (κ2) is 6.09. The van der Waals surface area contributed by atoms with Crippen LogP contribution < -0.4 is 9.47 Å². The van der Waals surface area contributed by atoms with Crippen LogP contribution >= 0.6 is 0 Å². The zero-order valence-corrected chi connectivity index (χ0v) is 18.8. The van der Waals surface area contributed by atoms with Crippen molar-refractivity contribution < 1.29 is 19.3 Å². The highest BCUT2D eigenvalue weighted by Gasteiger charge is 2.57. The maximum atomic E-state index is 12.7. The van der Waals surface area contributed by atoms with Gasteiger partial charge < -0.3 is 19.3 Å². The first kappa shape index (κ1) is 18.8. The van der Waals surface area contributed by atoms with Gasteiger partial charge in [-0.3, -0.25) is 0 Å². The normalized spacial score (nSPS) is 25.8. The van der Waals surface area contributed by atoms with E-state index in [0.717, 1.165) is 55.8 Å². The zero-order valence-electron chi connectivity index (χ0n) is 18.8. The minimum Gasteiger partial charge on any atom is -0.496 e. The Kier molecular flexibility index (Phi) is 3.36. The average Bonchev–Trinajstić information content (AvgIpc) is 3.46. The smallest absolute Gasteiger partial charge is 0.145 e.